The van der Waals surface area contributed by atoms with Crippen LogP contribution < -0.4 is 10.6 Å². The maximum absolute atomic E-state index is 9.82. The van der Waals surface area contributed by atoms with Crippen LogP contribution in [0.2, 0.25) is 0 Å². The minimum atomic E-state index is -0.0888. The van der Waals surface area contributed by atoms with E-state index in [1.54, 1.807) is 17.5 Å². The summed E-state index contributed by atoms with van der Waals surface area (Å²) in [6.45, 7) is 10.8. The van der Waals surface area contributed by atoms with Gasteiger partial charge in [-0.15, -0.1) is 11.3 Å². The molecule has 7 heteroatoms. The molecule has 0 spiro atoms. The smallest absolute Gasteiger partial charge is 0.129 e. The highest BCUT2D eigenvalue weighted by atomic mass is 32.1. The Kier molecular flexibility index (Phi) is 5.72. The summed E-state index contributed by atoms with van der Waals surface area (Å²) in [7, 11) is 0. The molecule has 146 valence electrons. The molecule has 0 bridgehead atoms. The number of hydrogen-bond donors (Lipinski definition) is 4. The predicted molar refractivity (Wildman–Crippen MR) is 115 cm³/mol. The lowest BCUT2D eigenvalue weighted by Crippen LogP contribution is -2.27. The van der Waals surface area contributed by atoms with Crippen molar-refractivity contribution < 1.29 is 5.11 Å². The Hall–Kier alpha value is -2.12. The SMILES string of the molecule is CC(C)CC(CO)Nc1cc(NC(C)(C)C)nc2cc(-c3ccn[nH]3)sc12. The molecule has 0 saturated carbocycles. The van der Waals surface area contributed by atoms with Gasteiger partial charge in [0.25, 0.3) is 0 Å². The predicted octanol–water partition coefficient (Wildman–Crippen LogP) is 4.72. The van der Waals surface area contributed by atoms with Gasteiger partial charge in [0.15, 0.2) is 0 Å². The number of rotatable bonds is 7. The average molecular weight is 388 g/mol. The maximum atomic E-state index is 9.82. The summed E-state index contributed by atoms with van der Waals surface area (Å²) in [4.78, 5) is 5.90. The molecule has 0 saturated heterocycles. The number of aliphatic hydroxyl groups is 1. The monoisotopic (exact) mass is 387 g/mol. The topological polar surface area (TPSA) is 85.9 Å². The fourth-order valence-electron chi connectivity index (χ4n) is 3.07. The van der Waals surface area contributed by atoms with E-state index in [-0.39, 0.29) is 18.2 Å². The summed E-state index contributed by atoms with van der Waals surface area (Å²) < 4.78 is 1.08. The molecule has 3 rings (SSSR count). The molecule has 1 unspecified atom stereocenters. The number of H-pyrrole nitrogens is 1. The Morgan fingerprint density at radius 2 is 2.04 bits per heavy atom. The number of nitrogens with one attached hydrogen (secondary N) is 3. The minimum absolute atomic E-state index is 0.00999. The van der Waals surface area contributed by atoms with Gasteiger partial charge in [0.1, 0.15) is 5.82 Å². The van der Waals surface area contributed by atoms with E-state index >= 15 is 0 Å². The van der Waals surface area contributed by atoms with Crippen molar-refractivity contribution in [2.24, 2.45) is 5.92 Å². The Morgan fingerprint density at radius 3 is 2.63 bits per heavy atom. The van der Waals surface area contributed by atoms with Gasteiger partial charge >= 0.3 is 0 Å². The van der Waals surface area contributed by atoms with Crippen molar-refractivity contribution in [2.75, 3.05) is 17.2 Å². The lowest BCUT2D eigenvalue weighted by Gasteiger charge is -2.23. The van der Waals surface area contributed by atoms with E-state index in [1.165, 1.54) is 0 Å². The average Bonchev–Trinajstić information content (AvgIpc) is 3.20. The molecular weight excluding hydrogens is 358 g/mol. The molecule has 1 atom stereocenters. The third-order valence-corrected chi connectivity index (χ3v) is 5.28. The van der Waals surface area contributed by atoms with E-state index in [9.17, 15) is 5.11 Å². The van der Waals surface area contributed by atoms with Crippen molar-refractivity contribution in [3.05, 3.63) is 24.4 Å². The normalized spacial score (nSPS) is 13.3. The Balaban J connectivity index is 2.04. The molecule has 0 radical (unpaired) electrons. The van der Waals surface area contributed by atoms with Gasteiger partial charge < -0.3 is 15.7 Å². The van der Waals surface area contributed by atoms with Gasteiger partial charge in [0.2, 0.25) is 0 Å². The number of thiophene rings is 1. The van der Waals surface area contributed by atoms with Crippen molar-refractivity contribution in [3.8, 4) is 10.6 Å². The number of nitrogens with zero attached hydrogens (tertiary/aromatic N) is 2. The molecule has 3 aromatic rings. The van der Waals surface area contributed by atoms with E-state index in [0.717, 1.165) is 38.7 Å². The molecule has 0 amide bonds. The van der Waals surface area contributed by atoms with E-state index in [4.69, 9.17) is 4.98 Å². The first kappa shape index (κ1) is 19.6. The Labute approximate surface area is 164 Å². The van der Waals surface area contributed by atoms with Crippen LogP contribution in [0.15, 0.2) is 24.4 Å². The summed E-state index contributed by atoms with van der Waals surface area (Å²) in [6, 6.07) is 6.10. The zero-order chi connectivity index (χ0) is 19.6. The number of aliphatic hydroxyl groups excluding tert-OH is 1. The molecular formula is C20H29N5OS. The van der Waals surface area contributed by atoms with Gasteiger partial charge in [-0.05, 0) is 45.2 Å². The van der Waals surface area contributed by atoms with Crippen molar-refractivity contribution in [3.63, 3.8) is 0 Å². The maximum Gasteiger partial charge on any atom is 0.129 e. The molecule has 27 heavy (non-hydrogen) atoms. The van der Waals surface area contributed by atoms with Crippen molar-refractivity contribution in [2.45, 2.75) is 52.6 Å². The van der Waals surface area contributed by atoms with Crippen LogP contribution in [0.1, 0.15) is 41.0 Å². The van der Waals surface area contributed by atoms with Gasteiger partial charge in [-0.1, -0.05) is 13.8 Å². The largest absolute Gasteiger partial charge is 0.394 e. The molecule has 0 aliphatic heterocycles. The van der Waals surface area contributed by atoms with Crippen molar-refractivity contribution >= 4 is 33.1 Å². The summed E-state index contributed by atoms with van der Waals surface area (Å²) in [5.74, 6) is 1.33. The standard InChI is InChI=1S/C20H29N5OS/c1-12(2)8-13(11-26)22-16-10-18(24-20(3,4)5)23-15-9-17(27-19(15)16)14-6-7-21-25-14/h6-7,9-10,12-13,26H,8,11H2,1-5H3,(H,21,25)(H2,22,23,24). The third-order valence-electron chi connectivity index (χ3n) is 4.08. The number of pyridine rings is 1. The summed E-state index contributed by atoms with van der Waals surface area (Å²) in [5, 5.41) is 23.9. The number of fused-ring (bicyclic) bond motifs is 1. The Morgan fingerprint density at radius 1 is 1.26 bits per heavy atom. The highest BCUT2D eigenvalue weighted by Crippen LogP contribution is 2.38. The van der Waals surface area contributed by atoms with Gasteiger partial charge in [0, 0.05) is 23.8 Å². The van der Waals surface area contributed by atoms with Gasteiger partial charge in [-0.25, -0.2) is 4.98 Å². The second-order valence-electron chi connectivity index (χ2n) is 8.38. The number of aromatic nitrogens is 3. The first-order valence-electron chi connectivity index (χ1n) is 9.35. The second kappa shape index (κ2) is 7.86. The number of anilines is 2. The van der Waals surface area contributed by atoms with E-state index in [1.807, 2.05) is 12.1 Å². The molecule has 0 aromatic carbocycles. The Bertz CT molecular complexity index is 880. The number of aromatic amines is 1. The van der Waals surface area contributed by atoms with Crippen molar-refractivity contribution in [1.29, 1.82) is 0 Å². The van der Waals surface area contributed by atoms with Crippen LogP contribution in [-0.2, 0) is 0 Å². The molecule has 6 nitrogen and oxygen atoms in total. The minimum Gasteiger partial charge on any atom is -0.394 e. The molecule has 4 N–H and O–H groups in total. The molecule has 3 heterocycles. The van der Waals surface area contributed by atoms with Gasteiger partial charge in [-0.3, -0.25) is 5.10 Å². The zero-order valence-electron chi connectivity index (χ0n) is 16.6. The molecule has 0 aliphatic carbocycles. The van der Waals surface area contributed by atoms with Crippen LogP contribution in [0, 0.1) is 5.92 Å². The number of hydrogen-bond acceptors (Lipinski definition) is 6. The fraction of sp³-hybridized carbons (Fsp3) is 0.500. The molecule has 0 aliphatic rings. The molecule has 3 aromatic heterocycles. The second-order valence-corrected chi connectivity index (χ2v) is 9.43. The van der Waals surface area contributed by atoms with Crippen LogP contribution in [0.5, 0.6) is 0 Å². The van der Waals surface area contributed by atoms with Crippen LogP contribution in [0.3, 0.4) is 0 Å². The summed E-state index contributed by atoms with van der Waals surface area (Å²) >= 11 is 1.67. The van der Waals surface area contributed by atoms with Crippen LogP contribution in [-0.4, -0.2) is 38.5 Å². The summed E-state index contributed by atoms with van der Waals surface area (Å²) in [6.07, 6.45) is 2.66. The third kappa shape index (κ3) is 4.99. The fourth-order valence-corrected chi connectivity index (χ4v) is 4.12. The first-order chi connectivity index (χ1) is 12.7. The van der Waals surface area contributed by atoms with Crippen LogP contribution in [0.25, 0.3) is 20.8 Å². The highest BCUT2D eigenvalue weighted by molar-refractivity contribution is 7.22. The van der Waals surface area contributed by atoms with E-state index in [2.05, 4.69) is 61.5 Å². The van der Waals surface area contributed by atoms with E-state index < -0.39 is 0 Å². The summed E-state index contributed by atoms with van der Waals surface area (Å²) in [5.41, 5.74) is 2.83. The van der Waals surface area contributed by atoms with Gasteiger partial charge in [0.05, 0.1) is 33.1 Å². The molecule has 0 fully saturated rings. The van der Waals surface area contributed by atoms with Crippen LogP contribution >= 0.6 is 11.3 Å². The van der Waals surface area contributed by atoms with Crippen molar-refractivity contribution in [1.82, 2.24) is 15.2 Å². The van der Waals surface area contributed by atoms with Crippen LogP contribution in [0.4, 0.5) is 11.5 Å². The van der Waals surface area contributed by atoms with Gasteiger partial charge in [-0.2, -0.15) is 5.10 Å². The highest BCUT2D eigenvalue weighted by Gasteiger charge is 2.18. The first-order valence-corrected chi connectivity index (χ1v) is 10.2. The zero-order valence-corrected chi connectivity index (χ0v) is 17.4. The lowest BCUT2D eigenvalue weighted by atomic mass is 10.0. The quantitative estimate of drug-likeness (QED) is 0.471. The lowest BCUT2D eigenvalue weighted by molar-refractivity contribution is 0.259. The van der Waals surface area contributed by atoms with E-state index in [0.29, 0.717) is 5.92 Å².